The maximum absolute atomic E-state index is 12.5. The molecular weight excluding hydrogens is 256 g/mol. The van der Waals surface area contributed by atoms with Gasteiger partial charge in [-0.3, -0.25) is 9.59 Å². The second kappa shape index (κ2) is 6.57. The lowest BCUT2D eigenvalue weighted by molar-refractivity contribution is -0.146. The van der Waals surface area contributed by atoms with Crippen LogP contribution < -0.4 is 5.32 Å². The van der Waals surface area contributed by atoms with E-state index in [1.165, 1.54) is 19.3 Å². The first kappa shape index (κ1) is 15.3. The van der Waals surface area contributed by atoms with Gasteiger partial charge < -0.3 is 15.3 Å². The van der Waals surface area contributed by atoms with E-state index >= 15 is 0 Å². The normalized spacial score (nSPS) is 26.2. The lowest BCUT2D eigenvalue weighted by Crippen LogP contribution is -2.51. The van der Waals surface area contributed by atoms with Crippen LogP contribution in [0, 0.1) is 5.92 Å². The first-order valence-electron chi connectivity index (χ1n) is 7.76. The first-order valence-corrected chi connectivity index (χ1v) is 7.76. The highest BCUT2D eigenvalue weighted by Crippen LogP contribution is 2.31. The Morgan fingerprint density at radius 3 is 2.55 bits per heavy atom. The van der Waals surface area contributed by atoms with Crippen molar-refractivity contribution in [2.24, 2.45) is 5.92 Å². The Kier molecular flexibility index (Phi) is 5.02. The number of nitrogens with one attached hydrogen (secondary N) is 1. The Balaban J connectivity index is 1.94. The molecule has 1 saturated heterocycles. The third-order valence-electron chi connectivity index (χ3n) is 4.95. The van der Waals surface area contributed by atoms with E-state index in [4.69, 9.17) is 5.11 Å². The zero-order chi connectivity index (χ0) is 14.6. The van der Waals surface area contributed by atoms with Crippen LogP contribution in [0.3, 0.4) is 0 Å². The largest absolute Gasteiger partial charge is 0.481 e. The Labute approximate surface area is 120 Å². The molecular formula is C15H26N2O3. The van der Waals surface area contributed by atoms with E-state index in [1.54, 1.807) is 4.90 Å². The minimum atomic E-state index is -0.775. The lowest BCUT2D eigenvalue weighted by atomic mass is 9.79. The Morgan fingerprint density at radius 2 is 1.95 bits per heavy atom. The molecule has 0 aromatic carbocycles. The summed E-state index contributed by atoms with van der Waals surface area (Å²) in [6, 6.07) is 0. The fourth-order valence-electron chi connectivity index (χ4n) is 3.55. The van der Waals surface area contributed by atoms with Gasteiger partial charge in [-0.2, -0.15) is 0 Å². The molecule has 1 atom stereocenters. The molecule has 0 aromatic rings. The molecule has 0 aromatic heterocycles. The number of carboxylic acids is 1. The second-order valence-electron chi connectivity index (χ2n) is 6.28. The van der Waals surface area contributed by atoms with Gasteiger partial charge in [0.25, 0.3) is 0 Å². The summed E-state index contributed by atoms with van der Waals surface area (Å²) in [5.41, 5.74) is -0.0640. The molecule has 2 fully saturated rings. The topological polar surface area (TPSA) is 69.6 Å². The SMILES string of the molecule is CNC1(CC(=O)N2CCC[C@H](C(=O)O)C2)CCCCC1. The summed E-state index contributed by atoms with van der Waals surface area (Å²) in [6.45, 7) is 1.09. The fraction of sp³-hybridized carbons (Fsp3) is 0.867. The van der Waals surface area contributed by atoms with Gasteiger partial charge in [-0.15, -0.1) is 0 Å². The number of carbonyl (C=O) groups is 2. The van der Waals surface area contributed by atoms with Crippen LogP contribution in [0.4, 0.5) is 0 Å². The van der Waals surface area contributed by atoms with Gasteiger partial charge in [0, 0.05) is 25.0 Å². The molecule has 114 valence electrons. The maximum atomic E-state index is 12.5. The third-order valence-corrected chi connectivity index (χ3v) is 4.95. The Hall–Kier alpha value is -1.10. The van der Waals surface area contributed by atoms with Crippen LogP contribution in [-0.4, -0.2) is 47.6 Å². The lowest BCUT2D eigenvalue weighted by Gasteiger charge is -2.39. The van der Waals surface area contributed by atoms with Crippen LogP contribution in [0.1, 0.15) is 51.4 Å². The molecule has 5 heteroatoms. The summed E-state index contributed by atoms with van der Waals surface area (Å²) in [7, 11) is 1.94. The van der Waals surface area contributed by atoms with Crippen molar-refractivity contribution in [2.45, 2.75) is 56.9 Å². The van der Waals surface area contributed by atoms with Crippen molar-refractivity contribution < 1.29 is 14.7 Å². The van der Waals surface area contributed by atoms with Crippen molar-refractivity contribution in [1.29, 1.82) is 0 Å². The highest BCUT2D eigenvalue weighted by atomic mass is 16.4. The minimum Gasteiger partial charge on any atom is -0.481 e. The number of hydrogen-bond acceptors (Lipinski definition) is 3. The van der Waals surface area contributed by atoms with Crippen LogP contribution >= 0.6 is 0 Å². The first-order chi connectivity index (χ1) is 9.56. The van der Waals surface area contributed by atoms with E-state index in [2.05, 4.69) is 5.32 Å². The molecule has 2 rings (SSSR count). The average Bonchev–Trinajstić information content (AvgIpc) is 2.48. The number of carboxylic acid groups (broad SMARTS) is 1. The quantitative estimate of drug-likeness (QED) is 0.822. The number of hydrogen-bond donors (Lipinski definition) is 2. The molecule has 20 heavy (non-hydrogen) atoms. The number of rotatable bonds is 4. The molecule has 5 nitrogen and oxygen atoms in total. The Morgan fingerprint density at radius 1 is 1.25 bits per heavy atom. The van der Waals surface area contributed by atoms with Gasteiger partial charge in [0.05, 0.1) is 5.92 Å². The van der Waals surface area contributed by atoms with Crippen molar-refractivity contribution >= 4 is 11.9 Å². The molecule has 1 heterocycles. The van der Waals surface area contributed by atoms with Gasteiger partial charge in [-0.25, -0.2) is 0 Å². The van der Waals surface area contributed by atoms with Gasteiger partial charge in [0.1, 0.15) is 0 Å². The average molecular weight is 282 g/mol. The minimum absolute atomic E-state index is 0.0640. The fourth-order valence-corrected chi connectivity index (χ4v) is 3.55. The molecule has 1 amide bonds. The van der Waals surface area contributed by atoms with E-state index in [9.17, 15) is 9.59 Å². The van der Waals surface area contributed by atoms with Gasteiger partial charge >= 0.3 is 5.97 Å². The highest BCUT2D eigenvalue weighted by Gasteiger charge is 2.36. The van der Waals surface area contributed by atoms with E-state index in [0.29, 0.717) is 25.9 Å². The molecule has 0 spiro atoms. The summed E-state index contributed by atoms with van der Waals surface area (Å²) in [4.78, 5) is 25.3. The van der Waals surface area contributed by atoms with Crippen molar-refractivity contribution in [3.05, 3.63) is 0 Å². The molecule has 0 bridgehead atoms. The predicted octanol–water partition coefficient (Wildman–Crippen LogP) is 1.62. The predicted molar refractivity (Wildman–Crippen MR) is 76.4 cm³/mol. The maximum Gasteiger partial charge on any atom is 0.308 e. The number of nitrogens with zero attached hydrogens (tertiary/aromatic N) is 1. The molecule has 0 unspecified atom stereocenters. The summed E-state index contributed by atoms with van der Waals surface area (Å²) in [5.74, 6) is -1.04. The number of carbonyl (C=O) groups excluding carboxylic acids is 1. The van der Waals surface area contributed by atoms with Crippen LogP contribution in [0.15, 0.2) is 0 Å². The van der Waals surface area contributed by atoms with Gasteiger partial charge in [-0.05, 0) is 32.7 Å². The van der Waals surface area contributed by atoms with E-state index in [1.807, 2.05) is 7.05 Å². The van der Waals surface area contributed by atoms with Crippen molar-refractivity contribution in [2.75, 3.05) is 20.1 Å². The number of piperidine rings is 1. The monoisotopic (exact) mass is 282 g/mol. The van der Waals surface area contributed by atoms with Gasteiger partial charge in [-0.1, -0.05) is 19.3 Å². The van der Waals surface area contributed by atoms with Crippen molar-refractivity contribution in [3.8, 4) is 0 Å². The third kappa shape index (κ3) is 3.51. The molecule has 1 aliphatic carbocycles. The van der Waals surface area contributed by atoms with Crippen LogP contribution in [-0.2, 0) is 9.59 Å². The Bertz CT molecular complexity index is 364. The second-order valence-corrected chi connectivity index (χ2v) is 6.28. The molecule has 2 N–H and O–H groups in total. The number of aliphatic carboxylic acids is 1. The summed E-state index contributed by atoms with van der Waals surface area (Å²) in [5, 5.41) is 12.5. The van der Waals surface area contributed by atoms with Gasteiger partial charge in [0.15, 0.2) is 0 Å². The zero-order valence-corrected chi connectivity index (χ0v) is 12.4. The van der Waals surface area contributed by atoms with Crippen LogP contribution in [0.5, 0.6) is 0 Å². The van der Waals surface area contributed by atoms with E-state index < -0.39 is 5.97 Å². The number of amides is 1. The van der Waals surface area contributed by atoms with E-state index in [-0.39, 0.29) is 17.4 Å². The van der Waals surface area contributed by atoms with Crippen molar-refractivity contribution in [3.63, 3.8) is 0 Å². The smallest absolute Gasteiger partial charge is 0.308 e. The summed E-state index contributed by atoms with van der Waals surface area (Å²) >= 11 is 0. The number of likely N-dealkylation sites (tertiary alicyclic amines) is 1. The molecule has 2 aliphatic rings. The van der Waals surface area contributed by atoms with Crippen LogP contribution in [0.2, 0.25) is 0 Å². The van der Waals surface area contributed by atoms with E-state index in [0.717, 1.165) is 19.3 Å². The van der Waals surface area contributed by atoms with Crippen LogP contribution in [0.25, 0.3) is 0 Å². The standard InChI is InChI=1S/C15H26N2O3/c1-16-15(7-3-2-4-8-15)10-13(18)17-9-5-6-12(11-17)14(19)20/h12,16H,2-11H2,1H3,(H,19,20)/t12-/m0/s1. The highest BCUT2D eigenvalue weighted by molar-refractivity contribution is 5.79. The summed E-state index contributed by atoms with van der Waals surface area (Å²) < 4.78 is 0. The molecule has 1 saturated carbocycles. The van der Waals surface area contributed by atoms with Crippen molar-refractivity contribution in [1.82, 2.24) is 10.2 Å². The molecule has 1 aliphatic heterocycles. The van der Waals surface area contributed by atoms with Gasteiger partial charge in [0.2, 0.25) is 5.91 Å². The summed E-state index contributed by atoms with van der Waals surface area (Å²) in [6.07, 6.45) is 7.69. The zero-order valence-electron chi connectivity index (χ0n) is 12.4. The molecule has 0 radical (unpaired) electrons.